The van der Waals surface area contributed by atoms with Crippen molar-refractivity contribution in [1.29, 1.82) is 0 Å². The minimum absolute atomic E-state index is 0.0341. The lowest BCUT2D eigenvalue weighted by Crippen LogP contribution is -2.68. The molecule has 1 atom stereocenters. The number of likely N-dealkylation sites (tertiary alicyclic amines) is 1. The third kappa shape index (κ3) is 3.83. The van der Waals surface area contributed by atoms with E-state index < -0.39 is 10.1 Å². The van der Waals surface area contributed by atoms with Crippen molar-refractivity contribution in [3.8, 4) is 5.88 Å². The van der Waals surface area contributed by atoms with E-state index in [-0.39, 0.29) is 18.6 Å². The van der Waals surface area contributed by atoms with E-state index in [4.69, 9.17) is 13.7 Å². The van der Waals surface area contributed by atoms with Crippen molar-refractivity contribution >= 4 is 31.7 Å². The van der Waals surface area contributed by atoms with Crippen LogP contribution in [0.25, 0.3) is 10.2 Å². The Hall–Kier alpha value is -1.33. The normalized spacial score (nSPS) is 29.6. The Morgan fingerprint density at radius 2 is 1.97 bits per heavy atom. The van der Waals surface area contributed by atoms with Crippen molar-refractivity contribution in [3.63, 3.8) is 0 Å². The van der Waals surface area contributed by atoms with Gasteiger partial charge in [0.05, 0.1) is 31.5 Å². The lowest BCUT2D eigenvalue weighted by atomic mass is 9.75. The molecule has 0 bridgehead atoms. The molecule has 174 valence electrons. The lowest BCUT2D eigenvalue weighted by Gasteiger charge is -2.58. The highest BCUT2D eigenvalue weighted by molar-refractivity contribution is 7.85. The van der Waals surface area contributed by atoms with Gasteiger partial charge in [0, 0.05) is 35.3 Å². The summed E-state index contributed by atoms with van der Waals surface area (Å²) < 4.78 is 40.0. The second-order valence-electron chi connectivity index (χ2n) is 9.97. The van der Waals surface area contributed by atoms with Crippen molar-refractivity contribution in [3.05, 3.63) is 16.8 Å². The number of hydrogen-bond donors (Lipinski definition) is 0. The number of aryl methyl sites for hydroxylation is 1. The Morgan fingerprint density at radius 1 is 1.19 bits per heavy atom. The summed E-state index contributed by atoms with van der Waals surface area (Å²) in [4.78, 5) is 13.8. The largest absolute Gasteiger partial charge is 0.474 e. The fourth-order valence-electron chi connectivity index (χ4n) is 5.84. The summed E-state index contributed by atoms with van der Waals surface area (Å²) in [6.07, 6.45) is 9.01. The second-order valence-corrected chi connectivity index (χ2v) is 12.7. The third-order valence-corrected chi connectivity index (χ3v) is 9.25. The van der Waals surface area contributed by atoms with Gasteiger partial charge in [0.2, 0.25) is 5.88 Å². The van der Waals surface area contributed by atoms with Crippen molar-refractivity contribution in [2.24, 2.45) is 5.41 Å². The molecule has 8 nitrogen and oxygen atoms in total. The molecule has 0 amide bonds. The molecule has 0 N–H and O–H groups in total. The van der Waals surface area contributed by atoms with Crippen LogP contribution in [0.4, 0.5) is 0 Å². The van der Waals surface area contributed by atoms with Crippen LogP contribution < -0.4 is 4.74 Å². The van der Waals surface area contributed by atoms with Gasteiger partial charge >= 0.3 is 0 Å². The monoisotopic (exact) mass is 479 g/mol. The predicted octanol–water partition coefficient (Wildman–Crippen LogP) is 2.72. The van der Waals surface area contributed by atoms with Crippen molar-refractivity contribution in [2.45, 2.75) is 56.6 Å². The van der Waals surface area contributed by atoms with Gasteiger partial charge in [-0.2, -0.15) is 8.42 Å². The average molecular weight is 480 g/mol. The minimum atomic E-state index is -3.47. The number of thiophene rings is 1. The van der Waals surface area contributed by atoms with E-state index in [2.05, 4.69) is 14.9 Å². The van der Waals surface area contributed by atoms with Gasteiger partial charge in [0.15, 0.2) is 0 Å². The summed E-state index contributed by atoms with van der Waals surface area (Å²) >= 11 is 1.67. The molecule has 3 fully saturated rings. The van der Waals surface area contributed by atoms with Crippen LogP contribution in [0.5, 0.6) is 5.88 Å². The molecule has 0 radical (unpaired) electrons. The number of hydrogen-bond acceptors (Lipinski definition) is 9. The molecule has 4 aliphatic rings. The Morgan fingerprint density at radius 3 is 2.66 bits per heavy atom. The molecule has 4 heterocycles. The van der Waals surface area contributed by atoms with Crippen LogP contribution in [0.15, 0.2) is 6.33 Å². The van der Waals surface area contributed by atoms with Crippen LogP contribution in [-0.2, 0) is 25.5 Å². The zero-order chi connectivity index (χ0) is 21.9. The summed E-state index contributed by atoms with van der Waals surface area (Å²) in [5.74, 6) is 0.684. The van der Waals surface area contributed by atoms with Gasteiger partial charge in [-0.15, -0.1) is 11.3 Å². The molecule has 1 spiro atoms. The van der Waals surface area contributed by atoms with Gasteiger partial charge in [0.1, 0.15) is 17.3 Å². The van der Waals surface area contributed by atoms with Gasteiger partial charge < -0.3 is 9.47 Å². The molecule has 0 aromatic carbocycles. The van der Waals surface area contributed by atoms with Crippen molar-refractivity contribution < 1.29 is 22.1 Å². The van der Waals surface area contributed by atoms with E-state index in [9.17, 15) is 8.42 Å². The smallest absolute Gasteiger partial charge is 0.264 e. The highest BCUT2D eigenvalue weighted by Gasteiger charge is 2.51. The van der Waals surface area contributed by atoms with Crippen molar-refractivity contribution in [2.75, 3.05) is 39.2 Å². The molecule has 2 aromatic rings. The number of rotatable bonds is 6. The van der Waals surface area contributed by atoms with E-state index in [0.717, 1.165) is 73.8 Å². The molecular formula is C22H29N3O5S2. The molecule has 2 saturated heterocycles. The fourth-order valence-corrected chi connectivity index (χ4v) is 7.48. The highest BCUT2D eigenvalue weighted by Crippen LogP contribution is 2.47. The maximum Gasteiger partial charge on any atom is 0.264 e. The summed E-state index contributed by atoms with van der Waals surface area (Å²) in [5.41, 5.74) is 1.60. The first-order chi connectivity index (χ1) is 15.4. The molecule has 1 saturated carbocycles. The Kier molecular flexibility index (Phi) is 5.22. The standard InChI is InChI=1S/C22H29N3O5S2/c1-32(26,27)29-8-14-2-7-17-18(14)19-20(23-13-24-21(19)31-17)30-16-5-3-15(4-6-16)25-9-22(10-25)11-28-12-22/h13-16H,2-12H2,1H3/t14-,15-,16-/m1/s1. The Labute approximate surface area is 192 Å². The molecule has 2 aliphatic carbocycles. The average Bonchev–Trinajstić information content (AvgIpc) is 3.24. The zero-order valence-electron chi connectivity index (χ0n) is 18.3. The maximum atomic E-state index is 11.5. The van der Waals surface area contributed by atoms with Crippen molar-refractivity contribution in [1.82, 2.24) is 14.9 Å². The van der Waals surface area contributed by atoms with Crippen LogP contribution in [0.3, 0.4) is 0 Å². The number of aromatic nitrogens is 2. The number of nitrogens with zero attached hydrogens (tertiary/aromatic N) is 3. The molecule has 2 aromatic heterocycles. The Balaban J connectivity index is 1.14. The van der Waals surface area contributed by atoms with E-state index in [1.165, 1.54) is 18.0 Å². The first kappa shape index (κ1) is 21.2. The van der Waals surface area contributed by atoms with Crippen LogP contribution in [0.1, 0.15) is 48.5 Å². The SMILES string of the molecule is CS(=O)(=O)OC[C@H]1CCc2sc3ncnc(O[C@H]4CC[C@H](N5CC6(COC6)C5)CC4)c3c21. The van der Waals surface area contributed by atoms with Gasteiger partial charge in [-0.05, 0) is 44.1 Å². The zero-order valence-corrected chi connectivity index (χ0v) is 19.9. The summed E-state index contributed by atoms with van der Waals surface area (Å²) in [6.45, 7) is 4.42. The molecule has 32 heavy (non-hydrogen) atoms. The van der Waals surface area contributed by atoms with Crippen LogP contribution in [0.2, 0.25) is 0 Å². The van der Waals surface area contributed by atoms with E-state index in [1.807, 2.05) is 0 Å². The lowest BCUT2D eigenvalue weighted by molar-refractivity contribution is -0.201. The number of ether oxygens (including phenoxy) is 2. The molecule has 0 unspecified atom stereocenters. The maximum absolute atomic E-state index is 11.5. The van der Waals surface area contributed by atoms with E-state index in [0.29, 0.717) is 17.3 Å². The van der Waals surface area contributed by atoms with Gasteiger partial charge in [-0.3, -0.25) is 9.08 Å². The molecule has 6 rings (SSSR count). The first-order valence-electron chi connectivity index (χ1n) is 11.5. The molecule has 10 heteroatoms. The van der Waals surface area contributed by atoms with E-state index >= 15 is 0 Å². The second kappa shape index (κ2) is 7.87. The van der Waals surface area contributed by atoms with Gasteiger partial charge in [-0.25, -0.2) is 9.97 Å². The molecule has 2 aliphatic heterocycles. The first-order valence-corrected chi connectivity index (χ1v) is 14.1. The topological polar surface area (TPSA) is 90.9 Å². The quantitative estimate of drug-likeness (QED) is 0.584. The predicted molar refractivity (Wildman–Crippen MR) is 121 cm³/mol. The molecular weight excluding hydrogens is 450 g/mol. The fraction of sp³-hybridized carbons (Fsp3) is 0.727. The minimum Gasteiger partial charge on any atom is -0.474 e. The van der Waals surface area contributed by atoms with Gasteiger partial charge in [0.25, 0.3) is 10.1 Å². The highest BCUT2D eigenvalue weighted by atomic mass is 32.2. The van der Waals surface area contributed by atoms with Crippen LogP contribution in [0, 0.1) is 5.41 Å². The van der Waals surface area contributed by atoms with Gasteiger partial charge in [-0.1, -0.05) is 0 Å². The van der Waals surface area contributed by atoms with E-state index in [1.54, 1.807) is 17.7 Å². The van der Waals surface area contributed by atoms with Crippen LogP contribution >= 0.6 is 11.3 Å². The summed E-state index contributed by atoms with van der Waals surface area (Å²) in [5, 5.41) is 0.962. The van der Waals surface area contributed by atoms with Crippen LogP contribution in [-0.4, -0.2) is 74.6 Å². The Bertz CT molecular complexity index is 1110. The third-order valence-electron chi connectivity index (χ3n) is 7.51. The number of fused-ring (bicyclic) bond motifs is 3. The summed E-state index contributed by atoms with van der Waals surface area (Å²) in [6, 6.07) is 0.661. The summed E-state index contributed by atoms with van der Waals surface area (Å²) in [7, 11) is -3.47.